The molecule has 0 unspecified atom stereocenters. The lowest BCUT2D eigenvalue weighted by atomic mass is 9.87. The summed E-state index contributed by atoms with van der Waals surface area (Å²) in [5.74, 6) is 0.880. The van der Waals surface area contributed by atoms with E-state index in [0.717, 1.165) is 57.6 Å². The van der Waals surface area contributed by atoms with E-state index in [4.69, 9.17) is 5.11 Å². The summed E-state index contributed by atoms with van der Waals surface area (Å²) < 4.78 is 0. The highest BCUT2D eigenvalue weighted by molar-refractivity contribution is 7.19. The molecular formula is C24H28N8O3S. The molecule has 36 heavy (non-hydrogen) atoms. The number of benzene rings is 1. The second-order valence-electron chi connectivity index (χ2n) is 9.18. The average molecular weight is 509 g/mol. The zero-order chi connectivity index (χ0) is 25.4. The number of thiophene rings is 1. The number of hydrogen-bond acceptors (Lipinski definition) is 8. The maximum Gasteiger partial charge on any atom is 0.404 e. The van der Waals surface area contributed by atoms with Crippen molar-refractivity contribution in [1.82, 2.24) is 30.4 Å². The van der Waals surface area contributed by atoms with Crippen molar-refractivity contribution >= 4 is 61.6 Å². The number of carbonyl (C=O) groups excluding carboxylic acids is 1. The summed E-state index contributed by atoms with van der Waals surface area (Å²) in [4.78, 5) is 38.3. The van der Waals surface area contributed by atoms with E-state index in [0.29, 0.717) is 6.54 Å². The fraction of sp³-hybridized carbons (Fsp3) is 0.375. The molecule has 0 fully saturated rings. The van der Waals surface area contributed by atoms with Gasteiger partial charge in [-0.2, -0.15) is 5.10 Å². The topological polar surface area (TPSA) is 139 Å². The number of hydrogen-bond donors (Lipinski definition) is 4. The Balaban J connectivity index is 1.50. The van der Waals surface area contributed by atoms with E-state index in [1.807, 2.05) is 24.1 Å². The monoisotopic (exact) mass is 508 g/mol. The number of aromatic amines is 1. The van der Waals surface area contributed by atoms with Crippen LogP contribution in [-0.4, -0.2) is 76.4 Å². The number of rotatable bonds is 7. The fourth-order valence-electron chi connectivity index (χ4n) is 4.76. The highest BCUT2D eigenvalue weighted by Crippen LogP contribution is 2.41. The minimum Gasteiger partial charge on any atom is -0.465 e. The van der Waals surface area contributed by atoms with Crippen LogP contribution in [0.3, 0.4) is 0 Å². The minimum absolute atomic E-state index is 0.00640. The van der Waals surface area contributed by atoms with Crippen LogP contribution in [-0.2, 0) is 17.6 Å². The van der Waals surface area contributed by atoms with Crippen molar-refractivity contribution in [2.75, 3.05) is 44.4 Å². The van der Waals surface area contributed by atoms with Gasteiger partial charge in [0.15, 0.2) is 0 Å². The molecule has 2 amide bonds. The molecule has 1 aliphatic rings. The molecule has 11 nitrogen and oxygen atoms in total. The number of nitrogens with zero attached hydrogens (tertiary/aromatic N) is 5. The van der Waals surface area contributed by atoms with Crippen molar-refractivity contribution in [2.45, 2.75) is 19.3 Å². The fourth-order valence-corrected chi connectivity index (χ4v) is 6.02. The first-order chi connectivity index (χ1) is 17.3. The Morgan fingerprint density at radius 2 is 2.08 bits per heavy atom. The normalized spacial score (nSPS) is 15.0. The molecule has 3 aromatic heterocycles. The van der Waals surface area contributed by atoms with Crippen LogP contribution in [0.4, 0.5) is 22.0 Å². The summed E-state index contributed by atoms with van der Waals surface area (Å²) in [6, 6.07) is 4.00. The summed E-state index contributed by atoms with van der Waals surface area (Å²) in [5.41, 5.74) is 3.81. The SMILES string of the molecule is CN(C)C(=O)[C@H]1CCc2c(sc3ncnc(Nc4cc5cn[nH]c5cc4N(C)CCNC(=O)O)c23)C1. The summed E-state index contributed by atoms with van der Waals surface area (Å²) in [6.45, 7) is 0.768. The number of aryl methyl sites for hydroxylation is 1. The van der Waals surface area contributed by atoms with E-state index in [-0.39, 0.29) is 18.4 Å². The first kappa shape index (κ1) is 23.8. The third-order valence-electron chi connectivity index (χ3n) is 6.58. The molecule has 188 valence electrons. The molecule has 0 bridgehead atoms. The van der Waals surface area contributed by atoms with Gasteiger partial charge >= 0.3 is 6.09 Å². The first-order valence-corrected chi connectivity index (χ1v) is 12.5. The van der Waals surface area contributed by atoms with Gasteiger partial charge in [0.25, 0.3) is 0 Å². The van der Waals surface area contributed by atoms with Crippen LogP contribution in [0, 0.1) is 5.92 Å². The van der Waals surface area contributed by atoms with Gasteiger partial charge in [-0.1, -0.05) is 0 Å². The Morgan fingerprint density at radius 3 is 2.86 bits per heavy atom. The highest BCUT2D eigenvalue weighted by Gasteiger charge is 2.30. The maximum atomic E-state index is 12.6. The Morgan fingerprint density at radius 1 is 1.25 bits per heavy atom. The lowest BCUT2D eigenvalue weighted by Gasteiger charge is -2.25. The van der Waals surface area contributed by atoms with E-state index < -0.39 is 6.09 Å². The molecule has 1 aromatic carbocycles. The predicted molar refractivity (Wildman–Crippen MR) is 140 cm³/mol. The number of carbonyl (C=O) groups is 2. The maximum absolute atomic E-state index is 12.6. The van der Waals surface area contributed by atoms with Gasteiger partial charge in [0, 0.05) is 50.4 Å². The Kier molecular flexibility index (Phi) is 6.35. The quantitative estimate of drug-likeness (QED) is 0.298. The summed E-state index contributed by atoms with van der Waals surface area (Å²) in [6.07, 6.45) is 4.60. The molecule has 0 saturated heterocycles. The van der Waals surface area contributed by atoms with Crippen LogP contribution < -0.4 is 15.5 Å². The van der Waals surface area contributed by atoms with E-state index in [1.165, 1.54) is 10.4 Å². The molecule has 0 aliphatic heterocycles. The van der Waals surface area contributed by atoms with E-state index >= 15 is 0 Å². The number of aromatic nitrogens is 4. The second kappa shape index (κ2) is 9.61. The van der Waals surface area contributed by atoms with Crippen LogP contribution in [0.5, 0.6) is 0 Å². The van der Waals surface area contributed by atoms with Crippen LogP contribution in [0.15, 0.2) is 24.7 Å². The number of amides is 2. The van der Waals surface area contributed by atoms with Crippen molar-refractivity contribution in [3.05, 3.63) is 35.1 Å². The van der Waals surface area contributed by atoms with E-state index in [9.17, 15) is 9.59 Å². The van der Waals surface area contributed by atoms with Crippen molar-refractivity contribution in [1.29, 1.82) is 0 Å². The summed E-state index contributed by atoms with van der Waals surface area (Å²) in [5, 5.41) is 24.0. The standard InChI is InChI=1S/C24H28N8O3S/c1-31(2)23(33)13-4-5-15-19(9-13)36-22-20(15)21(26-12-27-22)29-17-8-14-11-28-30-16(14)10-18(17)32(3)7-6-25-24(34)35/h8,10-13,25H,4-7,9H2,1-3H3,(H,28,30)(H,34,35)(H,26,27,29)/t13-/m0/s1. The number of likely N-dealkylation sites (N-methyl/N-ethyl adjacent to an activating group) is 1. The van der Waals surface area contributed by atoms with Gasteiger partial charge in [-0.15, -0.1) is 11.3 Å². The third-order valence-corrected chi connectivity index (χ3v) is 7.74. The van der Waals surface area contributed by atoms with E-state index in [1.54, 1.807) is 42.9 Å². The molecule has 12 heteroatoms. The van der Waals surface area contributed by atoms with Gasteiger partial charge in [0.2, 0.25) is 5.91 Å². The third kappa shape index (κ3) is 4.51. The molecule has 1 atom stereocenters. The summed E-state index contributed by atoms with van der Waals surface area (Å²) in [7, 11) is 5.52. The first-order valence-electron chi connectivity index (χ1n) is 11.7. The van der Waals surface area contributed by atoms with Crippen LogP contribution in [0.1, 0.15) is 16.9 Å². The number of fused-ring (bicyclic) bond motifs is 4. The second-order valence-corrected chi connectivity index (χ2v) is 10.3. The van der Waals surface area contributed by atoms with Gasteiger partial charge in [-0.25, -0.2) is 14.8 Å². The Bertz CT molecular complexity index is 1450. The molecule has 0 radical (unpaired) electrons. The lowest BCUT2D eigenvalue weighted by Crippen LogP contribution is -2.32. The molecule has 4 N–H and O–H groups in total. The number of anilines is 3. The van der Waals surface area contributed by atoms with Gasteiger partial charge in [-0.3, -0.25) is 9.89 Å². The molecular weight excluding hydrogens is 480 g/mol. The zero-order valence-corrected chi connectivity index (χ0v) is 21.1. The molecule has 0 saturated carbocycles. The van der Waals surface area contributed by atoms with Gasteiger partial charge in [0.1, 0.15) is 17.0 Å². The van der Waals surface area contributed by atoms with Gasteiger partial charge in [-0.05, 0) is 37.0 Å². The van der Waals surface area contributed by atoms with Gasteiger partial charge in [0.05, 0.1) is 28.5 Å². The minimum atomic E-state index is -1.05. The Hall–Kier alpha value is -3.93. The average Bonchev–Trinajstić information content (AvgIpc) is 3.46. The van der Waals surface area contributed by atoms with E-state index in [2.05, 4.69) is 30.8 Å². The Labute approximate surface area is 211 Å². The number of nitrogens with one attached hydrogen (secondary N) is 3. The van der Waals surface area contributed by atoms with Crippen molar-refractivity contribution in [3.8, 4) is 0 Å². The predicted octanol–water partition coefficient (Wildman–Crippen LogP) is 3.21. The van der Waals surface area contributed by atoms with Crippen molar-refractivity contribution in [3.63, 3.8) is 0 Å². The number of carboxylic acid groups (broad SMARTS) is 1. The van der Waals surface area contributed by atoms with Crippen LogP contribution in [0.25, 0.3) is 21.1 Å². The largest absolute Gasteiger partial charge is 0.465 e. The molecule has 5 rings (SSSR count). The van der Waals surface area contributed by atoms with Crippen molar-refractivity contribution in [2.24, 2.45) is 5.92 Å². The molecule has 1 aliphatic carbocycles. The number of H-pyrrole nitrogens is 1. The molecule has 3 heterocycles. The van der Waals surface area contributed by atoms with Gasteiger partial charge < -0.3 is 25.5 Å². The molecule has 4 aromatic rings. The smallest absolute Gasteiger partial charge is 0.404 e. The summed E-state index contributed by atoms with van der Waals surface area (Å²) >= 11 is 1.63. The highest BCUT2D eigenvalue weighted by atomic mass is 32.1. The van der Waals surface area contributed by atoms with Crippen molar-refractivity contribution < 1.29 is 14.7 Å². The lowest BCUT2D eigenvalue weighted by molar-refractivity contribution is -0.133. The van der Waals surface area contributed by atoms with Crippen LogP contribution in [0.2, 0.25) is 0 Å². The zero-order valence-electron chi connectivity index (χ0n) is 20.3. The van der Waals surface area contributed by atoms with Crippen LogP contribution >= 0.6 is 11.3 Å². The molecule has 0 spiro atoms.